The molecule has 1 saturated carbocycles. The molecular formula is C7H9BrO2. The van der Waals surface area contributed by atoms with E-state index in [9.17, 15) is 4.79 Å². The summed E-state index contributed by atoms with van der Waals surface area (Å²) in [6.07, 6.45) is 3.06. The molecule has 2 rings (SSSR count). The van der Waals surface area contributed by atoms with E-state index >= 15 is 0 Å². The molecule has 0 amide bonds. The largest absolute Gasteiger partial charge is 0.462 e. The molecule has 0 radical (unpaired) electrons. The van der Waals surface area contributed by atoms with Crippen molar-refractivity contribution in [1.29, 1.82) is 0 Å². The van der Waals surface area contributed by atoms with Gasteiger partial charge in [0.1, 0.15) is 6.10 Å². The molecule has 1 heterocycles. The Labute approximate surface area is 68.1 Å². The van der Waals surface area contributed by atoms with Crippen molar-refractivity contribution in [3.63, 3.8) is 0 Å². The lowest BCUT2D eigenvalue weighted by Crippen LogP contribution is -2.12. The van der Waals surface area contributed by atoms with Gasteiger partial charge in [-0.1, -0.05) is 15.9 Å². The number of carbonyl (C=O) groups is 1. The number of ether oxygens (including phenoxy) is 1. The SMILES string of the molecule is O=C1C[C@H]2[C@H](Br)CC[C@H]2O1. The summed E-state index contributed by atoms with van der Waals surface area (Å²) in [5, 5.41) is 0. The average Bonchev–Trinajstić information content (AvgIpc) is 2.35. The van der Waals surface area contributed by atoms with Gasteiger partial charge in [-0.25, -0.2) is 0 Å². The quantitative estimate of drug-likeness (QED) is 0.442. The molecule has 0 spiro atoms. The van der Waals surface area contributed by atoms with Crippen molar-refractivity contribution in [1.82, 2.24) is 0 Å². The first kappa shape index (κ1) is 6.65. The highest BCUT2D eigenvalue weighted by Crippen LogP contribution is 2.40. The normalized spacial score (nSPS) is 45.3. The highest BCUT2D eigenvalue weighted by atomic mass is 79.9. The summed E-state index contributed by atoms with van der Waals surface area (Å²) < 4.78 is 5.09. The lowest BCUT2D eigenvalue weighted by atomic mass is 10.1. The first-order valence-electron chi connectivity index (χ1n) is 3.61. The van der Waals surface area contributed by atoms with Crippen LogP contribution >= 0.6 is 15.9 Å². The lowest BCUT2D eigenvalue weighted by molar-refractivity contribution is -0.141. The zero-order valence-corrected chi connectivity index (χ0v) is 7.13. The Morgan fingerprint density at radius 3 is 3.00 bits per heavy atom. The van der Waals surface area contributed by atoms with E-state index in [0.717, 1.165) is 12.8 Å². The molecule has 0 bridgehead atoms. The van der Waals surface area contributed by atoms with Crippen LogP contribution in [0.5, 0.6) is 0 Å². The third kappa shape index (κ3) is 0.875. The Hall–Kier alpha value is -0.0500. The zero-order valence-electron chi connectivity index (χ0n) is 5.55. The Bertz CT molecular complexity index is 169. The van der Waals surface area contributed by atoms with E-state index in [0.29, 0.717) is 17.2 Å². The molecular weight excluding hydrogens is 196 g/mol. The molecule has 2 fully saturated rings. The van der Waals surface area contributed by atoms with Gasteiger partial charge >= 0.3 is 5.97 Å². The van der Waals surface area contributed by atoms with Gasteiger partial charge in [-0.2, -0.15) is 0 Å². The molecule has 56 valence electrons. The van der Waals surface area contributed by atoms with Crippen LogP contribution in [-0.2, 0) is 9.53 Å². The second-order valence-corrected chi connectivity index (χ2v) is 4.17. The van der Waals surface area contributed by atoms with Gasteiger partial charge in [0.05, 0.1) is 6.42 Å². The maximum atomic E-state index is 10.8. The van der Waals surface area contributed by atoms with E-state index in [1.54, 1.807) is 0 Å². The van der Waals surface area contributed by atoms with Crippen LogP contribution in [0.25, 0.3) is 0 Å². The number of esters is 1. The zero-order chi connectivity index (χ0) is 7.14. The molecule has 2 aliphatic rings. The van der Waals surface area contributed by atoms with E-state index in [4.69, 9.17) is 4.74 Å². The van der Waals surface area contributed by atoms with Gasteiger partial charge in [-0.15, -0.1) is 0 Å². The molecule has 0 aromatic rings. The highest BCUT2D eigenvalue weighted by Gasteiger charge is 2.43. The fraction of sp³-hybridized carbons (Fsp3) is 0.857. The third-order valence-corrected chi connectivity index (χ3v) is 3.49. The fourth-order valence-corrected chi connectivity index (χ4v) is 2.59. The second-order valence-electron chi connectivity index (χ2n) is 2.99. The fourth-order valence-electron chi connectivity index (χ4n) is 1.80. The number of alkyl halides is 1. The summed E-state index contributed by atoms with van der Waals surface area (Å²) in [4.78, 5) is 11.3. The van der Waals surface area contributed by atoms with Gasteiger partial charge in [0.15, 0.2) is 0 Å². The van der Waals surface area contributed by atoms with Crippen molar-refractivity contribution in [3.8, 4) is 0 Å². The molecule has 1 aliphatic heterocycles. The van der Waals surface area contributed by atoms with E-state index in [1.165, 1.54) is 0 Å². The summed E-state index contributed by atoms with van der Waals surface area (Å²) in [5.74, 6) is 0.451. The predicted octanol–water partition coefficient (Wildman–Crippen LogP) is 1.48. The van der Waals surface area contributed by atoms with Crippen LogP contribution in [0.4, 0.5) is 0 Å². The lowest BCUT2D eigenvalue weighted by Gasteiger charge is -2.07. The van der Waals surface area contributed by atoms with E-state index in [-0.39, 0.29) is 12.1 Å². The number of hydrogen-bond acceptors (Lipinski definition) is 2. The van der Waals surface area contributed by atoms with Crippen molar-refractivity contribution in [2.45, 2.75) is 30.2 Å². The number of halogens is 1. The number of rotatable bonds is 0. The standard InChI is InChI=1S/C7H9BrO2/c8-5-1-2-6-4(5)3-7(9)10-6/h4-6H,1-3H2/t4-,5+,6+/m0/s1. The third-order valence-electron chi connectivity index (χ3n) is 2.35. The number of carbonyl (C=O) groups excluding carboxylic acids is 1. The first-order valence-corrected chi connectivity index (χ1v) is 4.52. The summed E-state index contributed by atoms with van der Waals surface area (Å²) in [6.45, 7) is 0. The predicted molar refractivity (Wildman–Crippen MR) is 39.9 cm³/mol. The topological polar surface area (TPSA) is 26.3 Å². The Morgan fingerprint density at radius 2 is 2.30 bits per heavy atom. The van der Waals surface area contributed by atoms with Crippen molar-refractivity contribution in [3.05, 3.63) is 0 Å². The Balaban J connectivity index is 2.12. The van der Waals surface area contributed by atoms with Crippen LogP contribution in [0.3, 0.4) is 0 Å². The van der Waals surface area contributed by atoms with Gasteiger partial charge in [0, 0.05) is 10.7 Å². The molecule has 2 nitrogen and oxygen atoms in total. The average molecular weight is 205 g/mol. The molecule has 10 heavy (non-hydrogen) atoms. The minimum absolute atomic E-state index is 0.0147. The van der Waals surface area contributed by atoms with Gasteiger partial charge in [0.25, 0.3) is 0 Å². The number of hydrogen-bond donors (Lipinski definition) is 0. The van der Waals surface area contributed by atoms with Crippen LogP contribution in [0.2, 0.25) is 0 Å². The molecule has 0 aromatic carbocycles. The van der Waals surface area contributed by atoms with Gasteiger partial charge in [0.2, 0.25) is 0 Å². The van der Waals surface area contributed by atoms with Gasteiger partial charge in [-0.3, -0.25) is 4.79 Å². The Kier molecular flexibility index (Phi) is 1.48. The van der Waals surface area contributed by atoms with E-state index < -0.39 is 0 Å². The maximum Gasteiger partial charge on any atom is 0.306 e. The minimum atomic E-state index is -0.0147. The van der Waals surface area contributed by atoms with Crippen molar-refractivity contribution >= 4 is 21.9 Å². The van der Waals surface area contributed by atoms with E-state index in [1.807, 2.05) is 0 Å². The van der Waals surface area contributed by atoms with Crippen LogP contribution in [0.15, 0.2) is 0 Å². The Morgan fingerprint density at radius 1 is 1.50 bits per heavy atom. The molecule has 0 unspecified atom stereocenters. The van der Waals surface area contributed by atoms with Crippen molar-refractivity contribution < 1.29 is 9.53 Å². The van der Waals surface area contributed by atoms with Crippen molar-refractivity contribution in [2.75, 3.05) is 0 Å². The molecule has 3 heteroatoms. The highest BCUT2D eigenvalue weighted by molar-refractivity contribution is 9.09. The van der Waals surface area contributed by atoms with Gasteiger partial charge in [-0.05, 0) is 12.8 Å². The summed E-state index contributed by atoms with van der Waals surface area (Å²) in [6, 6.07) is 0. The van der Waals surface area contributed by atoms with Crippen LogP contribution < -0.4 is 0 Å². The van der Waals surface area contributed by atoms with Crippen LogP contribution in [0.1, 0.15) is 19.3 Å². The molecule has 0 aromatic heterocycles. The summed E-state index contributed by atoms with van der Waals surface area (Å²) in [7, 11) is 0. The monoisotopic (exact) mass is 204 g/mol. The molecule has 1 saturated heterocycles. The first-order chi connectivity index (χ1) is 4.77. The second kappa shape index (κ2) is 2.22. The summed E-state index contributed by atoms with van der Waals surface area (Å²) >= 11 is 3.54. The summed E-state index contributed by atoms with van der Waals surface area (Å²) in [5.41, 5.74) is 0. The number of fused-ring (bicyclic) bond motifs is 1. The molecule has 3 atom stereocenters. The van der Waals surface area contributed by atoms with Crippen LogP contribution in [0, 0.1) is 5.92 Å². The molecule has 0 N–H and O–H groups in total. The molecule has 1 aliphatic carbocycles. The minimum Gasteiger partial charge on any atom is -0.462 e. The smallest absolute Gasteiger partial charge is 0.306 e. The van der Waals surface area contributed by atoms with E-state index in [2.05, 4.69) is 15.9 Å². The maximum absolute atomic E-state index is 10.8. The van der Waals surface area contributed by atoms with Gasteiger partial charge < -0.3 is 4.74 Å². The van der Waals surface area contributed by atoms with Crippen molar-refractivity contribution in [2.24, 2.45) is 5.92 Å². The van der Waals surface area contributed by atoms with Crippen LogP contribution in [-0.4, -0.2) is 16.9 Å².